The van der Waals surface area contributed by atoms with Crippen molar-refractivity contribution >= 4 is 11.4 Å². The first-order valence-corrected chi connectivity index (χ1v) is 6.78. The van der Waals surface area contributed by atoms with Crippen LogP contribution in [-0.4, -0.2) is 6.04 Å². The van der Waals surface area contributed by atoms with Crippen LogP contribution in [0.5, 0.6) is 0 Å². The van der Waals surface area contributed by atoms with Crippen LogP contribution in [0.2, 0.25) is 0 Å². The molecule has 0 amide bonds. The molecule has 1 rings (SSSR count). The van der Waals surface area contributed by atoms with Crippen molar-refractivity contribution in [2.45, 2.75) is 58.9 Å². The third-order valence-corrected chi connectivity index (χ3v) is 3.54. The van der Waals surface area contributed by atoms with Crippen molar-refractivity contribution in [1.29, 1.82) is 0 Å². The molecule has 2 heteroatoms. The lowest BCUT2D eigenvalue weighted by Crippen LogP contribution is -2.13. The van der Waals surface area contributed by atoms with Crippen LogP contribution in [0.4, 0.5) is 11.4 Å². The number of nitrogens with one attached hydrogen (secondary N) is 1. The van der Waals surface area contributed by atoms with Gasteiger partial charge in [-0.3, -0.25) is 0 Å². The minimum Gasteiger partial charge on any atom is -0.398 e. The van der Waals surface area contributed by atoms with Gasteiger partial charge in [0.2, 0.25) is 0 Å². The van der Waals surface area contributed by atoms with E-state index in [9.17, 15) is 0 Å². The minimum atomic E-state index is 0.494. The fraction of sp³-hybridized carbons (Fsp3) is 0.600. The highest BCUT2D eigenvalue weighted by Gasteiger charge is 2.11. The highest BCUT2D eigenvalue weighted by molar-refractivity contribution is 5.60. The van der Waals surface area contributed by atoms with Gasteiger partial charge in [0.15, 0.2) is 0 Å². The quantitative estimate of drug-likeness (QED) is 0.717. The Balaban J connectivity index is 2.85. The third-order valence-electron chi connectivity index (χ3n) is 3.54. The summed E-state index contributed by atoms with van der Waals surface area (Å²) in [6.07, 6.45) is 3.42. The molecule has 2 nitrogen and oxygen atoms in total. The maximum Gasteiger partial charge on any atom is 0.0370 e. The Morgan fingerprint density at radius 3 is 2.24 bits per heavy atom. The van der Waals surface area contributed by atoms with Crippen molar-refractivity contribution in [3.63, 3.8) is 0 Å². The van der Waals surface area contributed by atoms with Crippen molar-refractivity contribution in [3.05, 3.63) is 23.8 Å². The zero-order valence-corrected chi connectivity index (χ0v) is 11.6. The Morgan fingerprint density at radius 2 is 1.76 bits per heavy atom. The Bertz CT molecular complexity index is 343. The van der Waals surface area contributed by atoms with Gasteiger partial charge in [0.1, 0.15) is 0 Å². The number of nitrogen functional groups attached to an aromatic ring is 1. The summed E-state index contributed by atoms with van der Waals surface area (Å²) in [4.78, 5) is 0. The van der Waals surface area contributed by atoms with Gasteiger partial charge in [-0.2, -0.15) is 0 Å². The van der Waals surface area contributed by atoms with Crippen LogP contribution < -0.4 is 11.1 Å². The molecule has 1 atom stereocenters. The summed E-state index contributed by atoms with van der Waals surface area (Å²) in [7, 11) is 0. The van der Waals surface area contributed by atoms with Gasteiger partial charge in [-0.1, -0.05) is 26.8 Å². The van der Waals surface area contributed by atoms with Gasteiger partial charge in [0.05, 0.1) is 0 Å². The molecular formula is C15H26N2. The number of benzene rings is 1. The Kier molecular flexibility index (Phi) is 5.33. The lowest BCUT2D eigenvalue weighted by molar-refractivity contribution is 0.644. The average molecular weight is 234 g/mol. The fourth-order valence-corrected chi connectivity index (χ4v) is 2.15. The van der Waals surface area contributed by atoms with Crippen molar-refractivity contribution in [2.24, 2.45) is 0 Å². The van der Waals surface area contributed by atoms with E-state index in [0.717, 1.165) is 30.6 Å². The number of hydrogen-bond donors (Lipinski definition) is 2. The van der Waals surface area contributed by atoms with Gasteiger partial charge in [0.25, 0.3) is 0 Å². The van der Waals surface area contributed by atoms with E-state index in [2.05, 4.69) is 51.2 Å². The van der Waals surface area contributed by atoms with Gasteiger partial charge in [0, 0.05) is 17.4 Å². The normalized spacial score (nSPS) is 12.8. The van der Waals surface area contributed by atoms with E-state index in [1.54, 1.807) is 0 Å². The van der Waals surface area contributed by atoms with Gasteiger partial charge < -0.3 is 11.1 Å². The maximum atomic E-state index is 6.15. The maximum absolute atomic E-state index is 6.15. The smallest absolute Gasteiger partial charge is 0.0370 e. The number of rotatable bonds is 6. The molecule has 0 saturated heterocycles. The van der Waals surface area contributed by atoms with Crippen LogP contribution in [0, 0.1) is 0 Å². The van der Waals surface area contributed by atoms with E-state index in [-0.39, 0.29) is 0 Å². The molecule has 1 aromatic rings. The summed E-state index contributed by atoms with van der Waals surface area (Å²) >= 11 is 0. The molecule has 17 heavy (non-hydrogen) atoms. The predicted molar refractivity (Wildman–Crippen MR) is 77.6 cm³/mol. The Labute approximate surface area is 106 Å². The Morgan fingerprint density at radius 1 is 1.12 bits per heavy atom. The van der Waals surface area contributed by atoms with Crippen LogP contribution in [0.1, 0.15) is 58.4 Å². The predicted octanol–water partition coefficient (Wildman–Crippen LogP) is 4.38. The molecule has 0 spiro atoms. The van der Waals surface area contributed by atoms with E-state index in [1.165, 1.54) is 5.56 Å². The van der Waals surface area contributed by atoms with E-state index in [0.29, 0.717) is 12.0 Å². The molecule has 0 aromatic heterocycles. The molecule has 0 radical (unpaired) electrons. The SMILES string of the molecule is CCC(C)Nc1ccc(C(CC)CC)c(N)c1. The molecule has 96 valence electrons. The average Bonchev–Trinajstić information content (AvgIpc) is 2.33. The fourth-order valence-electron chi connectivity index (χ4n) is 2.15. The van der Waals surface area contributed by atoms with E-state index in [1.807, 2.05) is 0 Å². The number of hydrogen-bond acceptors (Lipinski definition) is 2. The van der Waals surface area contributed by atoms with Crippen molar-refractivity contribution < 1.29 is 0 Å². The van der Waals surface area contributed by atoms with Crippen molar-refractivity contribution in [3.8, 4) is 0 Å². The van der Waals surface area contributed by atoms with Crippen LogP contribution in [0.15, 0.2) is 18.2 Å². The second kappa shape index (κ2) is 6.53. The monoisotopic (exact) mass is 234 g/mol. The minimum absolute atomic E-state index is 0.494. The first kappa shape index (κ1) is 13.9. The molecule has 0 heterocycles. The summed E-state index contributed by atoms with van der Waals surface area (Å²) in [6.45, 7) is 8.81. The first-order chi connectivity index (χ1) is 8.12. The highest BCUT2D eigenvalue weighted by Crippen LogP contribution is 2.30. The van der Waals surface area contributed by atoms with Crippen LogP contribution in [0.3, 0.4) is 0 Å². The third kappa shape index (κ3) is 3.65. The first-order valence-electron chi connectivity index (χ1n) is 6.78. The molecule has 0 aliphatic carbocycles. The number of nitrogens with two attached hydrogens (primary N) is 1. The highest BCUT2D eigenvalue weighted by atomic mass is 14.9. The van der Waals surface area contributed by atoms with E-state index < -0.39 is 0 Å². The molecular weight excluding hydrogens is 208 g/mol. The van der Waals surface area contributed by atoms with Crippen molar-refractivity contribution in [1.82, 2.24) is 0 Å². The van der Waals surface area contributed by atoms with E-state index in [4.69, 9.17) is 5.73 Å². The van der Waals surface area contributed by atoms with Crippen LogP contribution >= 0.6 is 0 Å². The van der Waals surface area contributed by atoms with Crippen LogP contribution in [0.25, 0.3) is 0 Å². The topological polar surface area (TPSA) is 38.0 Å². The zero-order valence-electron chi connectivity index (χ0n) is 11.6. The second-order valence-corrected chi connectivity index (χ2v) is 4.81. The standard InChI is InChI=1S/C15H26N2/c1-5-11(4)17-13-8-9-14(15(16)10-13)12(6-2)7-3/h8-12,17H,5-7,16H2,1-4H3. The van der Waals surface area contributed by atoms with Gasteiger partial charge in [-0.05, 0) is 49.8 Å². The van der Waals surface area contributed by atoms with Gasteiger partial charge in [-0.15, -0.1) is 0 Å². The largest absolute Gasteiger partial charge is 0.398 e. The molecule has 0 aliphatic heterocycles. The van der Waals surface area contributed by atoms with Gasteiger partial charge >= 0.3 is 0 Å². The van der Waals surface area contributed by atoms with Gasteiger partial charge in [-0.25, -0.2) is 0 Å². The van der Waals surface area contributed by atoms with E-state index >= 15 is 0 Å². The molecule has 0 fully saturated rings. The Hall–Kier alpha value is -1.18. The second-order valence-electron chi connectivity index (χ2n) is 4.81. The van der Waals surface area contributed by atoms with Crippen LogP contribution in [-0.2, 0) is 0 Å². The molecule has 0 bridgehead atoms. The molecule has 1 aromatic carbocycles. The molecule has 0 aliphatic rings. The zero-order chi connectivity index (χ0) is 12.8. The molecule has 1 unspecified atom stereocenters. The summed E-state index contributed by atoms with van der Waals surface area (Å²) in [5, 5.41) is 3.45. The summed E-state index contributed by atoms with van der Waals surface area (Å²) in [5.41, 5.74) is 9.50. The summed E-state index contributed by atoms with van der Waals surface area (Å²) < 4.78 is 0. The summed E-state index contributed by atoms with van der Waals surface area (Å²) in [6, 6.07) is 6.89. The molecule has 0 saturated carbocycles. The van der Waals surface area contributed by atoms with Crippen molar-refractivity contribution in [2.75, 3.05) is 11.1 Å². The summed E-state index contributed by atoms with van der Waals surface area (Å²) in [5.74, 6) is 0.590. The molecule has 3 N–H and O–H groups in total. The lowest BCUT2D eigenvalue weighted by Gasteiger charge is -2.18. The number of anilines is 2. The lowest BCUT2D eigenvalue weighted by atomic mass is 9.92.